The van der Waals surface area contributed by atoms with Crippen molar-refractivity contribution in [3.8, 4) is 0 Å². The van der Waals surface area contributed by atoms with E-state index in [1.807, 2.05) is 30.3 Å². The lowest BCUT2D eigenvalue weighted by atomic mass is 10.0. The first-order valence-electron chi connectivity index (χ1n) is 6.15. The number of aliphatic hydroxyl groups excluding tert-OH is 1. The number of esters is 1. The Kier molecular flexibility index (Phi) is 6.25. The van der Waals surface area contributed by atoms with Gasteiger partial charge < -0.3 is 14.6 Å². The highest BCUT2D eigenvalue weighted by atomic mass is 16.6. The molecule has 0 aromatic heterocycles. The minimum Gasteiger partial charge on any atom is -0.463 e. The van der Waals surface area contributed by atoms with Gasteiger partial charge >= 0.3 is 5.97 Å². The van der Waals surface area contributed by atoms with E-state index >= 15 is 0 Å². The third kappa shape index (κ3) is 5.24. The van der Waals surface area contributed by atoms with Crippen molar-refractivity contribution >= 4 is 5.97 Å². The Morgan fingerprint density at radius 3 is 2.63 bits per heavy atom. The van der Waals surface area contributed by atoms with Gasteiger partial charge in [0.25, 0.3) is 0 Å². The molecule has 0 unspecified atom stereocenters. The largest absolute Gasteiger partial charge is 0.463 e. The maximum Gasteiger partial charge on any atom is 0.302 e. The molecule has 0 aliphatic rings. The summed E-state index contributed by atoms with van der Waals surface area (Å²) in [7, 11) is 0. The number of carbonyl (C=O) groups excluding carboxylic acids is 1. The maximum absolute atomic E-state index is 10.9. The van der Waals surface area contributed by atoms with E-state index in [0.29, 0.717) is 13.0 Å². The number of hydrogen-bond donors (Lipinski definition) is 1. The van der Waals surface area contributed by atoms with Crippen LogP contribution in [0.15, 0.2) is 43.0 Å². The van der Waals surface area contributed by atoms with E-state index in [2.05, 4.69) is 6.58 Å². The number of ether oxygens (including phenoxy) is 2. The monoisotopic (exact) mass is 264 g/mol. The highest BCUT2D eigenvalue weighted by Crippen LogP contribution is 2.19. The van der Waals surface area contributed by atoms with Gasteiger partial charge in [-0.15, -0.1) is 6.58 Å². The van der Waals surface area contributed by atoms with Crippen molar-refractivity contribution in [1.82, 2.24) is 0 Å². The third-order valence-corrected chi connectivity index (χ3v) is 2.73. The Balaban J connectivity index is 2.67. The molecule has 0 aliphatic carbocycles. The summed E-state index contributed by atoms with van der Waals surface area (Å²) in [4.78, 5) is 10.9. The summed E-state index contributed by atoms with van der Waals surface area (Å²) in [5, 5.41) is 9.53. The van der Waals surface area contributed by atoms with Crippen LogP contribution in [0.1, 0.15) is 18.9 Å². The molecular weight excluding hydrogens is 244 g/mol. The molecule has 0 saturated heterocycles. The summed E-state index contributed by atoms with van der Waals surface area (Å²) in [6.45, 7) is 5.09. The summed E-state index contributed by atoms with van der Waals surface area (Å²) >= 11 is 0. The summed E-state index contributed by atoms with van der Waals surface area (Å²) < 4.78 is 10.7. The number of aliphatic hydroxyl groups is 1. The Labute approximate surface area is 113 Å². The third-order valence-electron chi connectivity index (χ3n) is 2.73. The quantitative estimate of drug-likeness (QED) is 0.577. The van der Waals surface area contributed by atoms with E-state index in [4.69, 9.17) is 9.47 Å². The summed E-state index contributed by atoms with van der Waals surface area (Å²) in [6, 6.07) is 9.62. The lowest BCUT2D eigenvalue weighted by Gasteiger charge is -2.30. The van der Waals surface area contributed by atoms with E-state index in [-0.39, 0.29) is 13.2 Å². The van der Waals surface area contributed by atoms with E-state index in [0.717, 1.165) is 5.56 Å². The van der Waals surface area contributed by atoms with E-state index in [1.54, 1.807) is 6.08 Å². The first-order valence-corrected chi connectivity index (χ1v) is 6.15. The average Bonchev–Trinajstić information content (AvgIpc) is 2.43. The fourth-order valence-electron chi connectivity index (χ4n) is 1.62. The highest BCUT2D eigenvalue weighted by Gasteiger charge is 2.30. The van der Waals surface area contributed by atoms with Gasteiger partial charge in [-0.2, -0.15) is 0 Å². The van der Waals surface area contributed by atoms with E-state index in [1.165, 1.54) is 6.92 Å². The van der Waals surface area contributed by atoms with Crippen molar-refractivity contribution in [1.29, 1.82) is 0 Å². The van der Waals surface area contributed by atoms with Gasteiger partial charge in [0.15, 0.2) is 0 Å². The van der Waals surface area contributed by atoms with Crippen LogP contribution >= 0.6 is 0 Å². The summed E-state index contributed by atoms with van der Waals surface area (Å²) in [5.74, 6) is -0.398. The van der Waals surface area contributed by atoms with Gasteiger partial charge in [0.05, 0.1) is 13.2 Å². The zero-order valence-corrected chi connectivity index (χ0v) is 11.2. The smallest absolute Gasteiger partial charge is 0.302 e. The van der Waals surface area contributed by atoms with Crippen molar-refractivity contribution in [2.24, 2.45) is 0 Å². The number of rotatable bonds is 8. The molecule has 0 spiro atoms. The Morgan fingerprint density at radius 2 is 2.11 bits per heavy atom. The van der Waals surface area contributed by atoms with Crippen LogP contribution in [0.2, 0.25) is 0 Å². The molecule has 0 saturated carbocycles. The predicted octanol–water partition coefficient (Wildman–Crippen LogP) is 2.07. The van der Waals surface area contributed by atoms with Gasteiger partial charge in [-0.1, -0.05) is 36.4 Å². The molecule has 104 valence electrons. The van der Waals surface area contributed by atoms with E-state index in [9.17, 15) is 9.90 Å². The van der Waals surface area contributed by atoms with Gasteiger partial charge in [-0.25, -0.2) is 0 Å². The number of carbonyl (C=O) groups is 1. The van der Waals surface area contributed by atoms with Crippen LogP contribution in [0.25, 0.3) is 0 Å². The standard InChI is InChI=1S/C15H20O4/c1-3-9-15(11-16,12-18-13(2)17)19-10-14-7-5-4-6-8-14/h3-8,16H,1,9-12H2,2H3/t15-/m1/s1. The second-order valence-electron chi connectivity index (χ2n) is 4.39. The Bertz CT molecular complexity index is 402. The van der Waals surface area contributed by atoms with Crippen LogP contribution in [0, 0.1) is 0 Å². The fourth-order valence-corrected chi connectivity index (χ4v) is 1.62. The molecule has 1 rings (SSSR count). The molecule has 0 radical (unpaired) electrons. The maximum atomic E-state index is 10.9. The Hall–Kier alpha value is -1.65. The highest BCUT2D eigenvalue weighted by molar-refractivity contribution is 5.65. The van der Waals surface area contributed by atoms with Crippen molar-refractivity contribution in [2.45, 2.75) is 25.6 Å². The lowest BCUT2D eigenvalue weighted by Crippen LogP contribution is -2.41. The normalized spacial score (nSPS) is 13.6. The van der Waals surface area contributed by atoms with Gasteiger partial charge in [-0.05, 0) is 12.0 Å². The first-order chi connectivity index (χ1) is 9.12. The van der Waals surface area contributed by atoms with Crippen LogP contribution in [-0.2, 0) is 20.9 Å². The molecular formula is C15H20O4. The van der Waals surface area contributed by atoms with Gasteiger partial charge in [0.2, 0.25) is 0 Å². The SMILES string of the molecule is C=CC[C@@](CO)(COC(C)=O)OCc1ccccc1. The zero-order valence-electron chi connectivity index (χ0n) is 11.2. The van der Waals surface area contributed by atoms with Gasteiger partial charge in [0.1, 0.15) is 12.2 Å². The van der Waals surface area contributed by atoms with Crippen molar-refractivity contribution in [3.05, 3.63) is 48.6 Å². The molecule has 19 heavy (non-hydrogen) atoms. The summed E-state index contributed by atoms with van der Waals surface area (Å²) in [5.41, 5.74) is 0.0655. The van der Waals surface area contributed by atoms with Crippen LogP contribution in [-0.4, -0.2) is 29.9 Å². The number of hydrogen-bond acceptors (Lipinski definition) is 4. The molecule has 0 heterocycles. The average molecular weight is 264 g/mol. The van der Waals surface area contributed by atoms with Crippen molar-refractivity contribution in [3.63, 3.8) is 0 Å². The van der Waals surface area contributed by atoms with Crippen LogP contribution < -0.4 is 0 Å². The molecule has 0 fully saturated rings. The molecule has 4 heteroatoms. The predicted molar refractivity (Wildman–Crippen MR) is 72.5 cm³/mol. The van der Waals surface area contributed by atoms with E-state index < -0.39 is 11.6 Å². The molecule has 1 aromatic carbocycles. The van der Waals surface area contributed by atoms with Crippen molar-refractivity contribution in [2.75, 3.05) is 13.2 Å². The van der Waals surface area contributed by atoms with Crippen LogP contribution in [0.3, 0.4) is 0 Å². The van der Waals surface area contributed by atoms with Crippen LogP contribution in [0.4, 0.5) is 0 Å². The fraction of sp³-hybridized carbons (Fsp3) is 0.400. The molecule has 1 aromatic rings. The minimum atomic E-state index is -0.927. The first kappa shape index (κ1) is 15.4. The van der Waals surface area contributed by atoms with Crippen molar-refractivity contribution < 1.29 is 19.4 Å². The van der Waals surface area contributed by atoms with Gasteiger partial charge in [0, 0.05) is 6.92 Å². The molecule has 1 atom stereocenters. The molecule has 4 nitrogen and oxygen atoms in total. The molecule has 1 N–H and O–H groups in total. The Morgan fingerprint density at radius 1 is 1.42 bits per heavy atom. The molecule has 0 aliphatic heterocycles. The number of benzene rings is 1. The van der Waals surface area contributed by atoms with Gasteiger partial charge in [-0.3, -0.25) is 4.79 Å². The second kappa shape index (κ2) is 7.71. The minimum absolute atomic E-state index is 0.0116. The topological polar surface area (TPSA) is 55.8 Å². The second-order valence-corrected chi connectivity index (χ2v) is 4.39. The van der Waals surface area contributed by atoms with Crippen LogP contribution in [0.5, 0.6) is 0 Å². The summed E-state index contributed by atoms with van der Waals surface area (Å²) in [6.07, 6.45) is 2.05. The zero-order chi connectivity index (χ0) is 14.1. The molecule has 0 bridgehead atoms. The lowest BCUT2D eigenvalue weighted by molar-refractivity contribution is -0.160. The molecule has 0 amide bonds.